The van der Waals surface area contributed by atoms with Crippen LogP contribution in [0.2, 0.25) is 0 Å². The smallest absolute Gasteiger partial charge is 0.226 e. The third-order valence-electron chi connectivity index (χ3n) is 3.68. The second-order valence-electron chi connectivity index (χ2n) is 5.42. The van der Waals surface area contributed by atoms with Crippen LogP contribution in [0.5, 0.6) is 0 Å². The Kier molecular flexibility index (Phi) is 5.30. The van der Waals surface area contributed by atoms with E-state index < -0.39 is 0 Å². The molecule has 0 aliphatic carbocycles. The molecule has 0 bridgehead atoms. The molecule has 0 amide bonds. The molecule has 0 saturated carbocycles. The Labute approximate surface area is 144 Å². The Balaban J connectivity index is 1.53. The van der Waals surface area contributed by atoms with Crippen LogP contribution in [-0.2, 0) is 13.0 Å². The number of nitrogens with zero attached hydrogens (tertiary/aromatic N) is 4. The van der Waals surface area contributed by atoms with Crippen molar-refractivity contribution in [1.82, 2.24) is 19.7 Å². The summed E-state index contributed by atoms with van der Waals surface area (Å²) >= 11 is 1.72. The zero-order valence-corrected chi connectivity index (χ0v) is 14.5. The third-order valence-corrected chi connectivity index (χ3v) is 4.77. The number of halogens is 1. The highest BCUT2D eigenvalue weighted by Crippen LogP contribution is 2.20. The van der Waals surface area contributed by atoms with Gasteiger partial charge in [-0.05, 0) is 31.9 Å². The van der Waals surface area contributed by atoms with E-state index in [0.717, 1.165) is 23.9 Å². The normalized spacial score (nSPS) is 11.1. The molecule has 24 heavy (non-hydrogen) atoms. The van der Waals surface area contributed by atoms with Crippen LogP contribution in [0.4, 0.5) is 4.39 Å². The largest absolute Gasteiger partial charge is 0.339 e. The molecule has 0 aliphatic heterocycles. The van der Waals surface area contributed by atoms with Crippen molar-refractivity contribution < 1.29 is 8.91 Å². The molecule has 0 atom stereocenters. The molecule has 0 fully saturated rings. The number of benzene rings is 1. The van der Waals surface area contributed by atoms with E-state index in [4.69, 9.17) is 4.52 Å². The number of thioether (sulfide) groups is 1. The fourth-order valence-electron chi connectivity index (χ4n) is 2.27. The Morgan fingerprint density at radius 1 is 1.33 bits per heavy atom. The molecule has 5 nitrogen and oxygen atoms in total. The maximum absolute atomic E-state index is 13.6. The Hall–Kier alpha value is -2.15. The number of imidazole rings is 1. The lowest BCUT2D eigenvalue weighted by Crippen LogP contribution is -1.96. The van der Waals surface area contributed by atoms with Crippen molar-refractivity contribution in [2.45, 2.75) is 38.4 Å². The predicted molar refractivity (Wildman–Crippen MR) is 91.4 cm³/mol. The summed E-state index contributed by atoms with van der Waals surface area (Å²) in [7, 11) is 0. The van der Waals surface area contributed by atoms with Crippen LogP contribution < -0.4 is 0 Å². The molecule has 126 valence electrons. The van der Waals surface area contributed by atoms with E-state index in [9.17, 15) is 4.39 Å². The molecule has 0 unspecified atom stereocenters. The lowest BCUT2D eigenvalue weighted by molar-refractivity contribution is 0.378. The van der Waals surface area contributed by atoms with Gasteiger partial charge in [0.25, 0.3) is 0 Å². The maximum Gasteiger partial charge on any atom is 0.226 e. The van der Waals surface area contributed by atoms with Crippen LogP contribution in [0.1, 0.15) is 24.8 Å². The van der Waals surface area contributed by atoms with E-state index in [0.29, 0.717) is 29.3 Å². The first-order valence-corrected chi connectivity index (χ1v) is 8.89. The van der Waals surface area contributed by atoms with Crippen molar-refractivity contribution in [3.63, 3.8) is 0 Å². The topological polar surface area (TPSA) is 56.7 Å². The molecule has 7 heteroatoms. The Morgan fingerprint density at radius 2 is 2.21 bits per heavy atom. The van der Waals surface area contributed by atoms with Gasteiger partial charge in [-0.2, -0.15) is 4.98 Å². The second kappa shape index (κ2) is 7.61. The fourth-order valence-corrected chi connectivity index (χ4v) is 3.23. The number of rotatable bonds is 7. The van der Waals surface area contributed by atoms with Crippen LogP contribution in [0.25, 0.3) is 11.4 Å². The molecule has 2 heterocycles. The predicted octanol–water partition coefficient (Wildman–Crippen LogP) is 4.13. The molecule has 1 aromatic carbocycles. The summed E-state index contributed by atoms with van der Waals surface area (Å²) in [4.78, 5) is 8.67. The summed E-state index contributed by atoms with van der Waals surface area (Å²) in [6.07, 6.45) is 5.40. The van der Waals surface area contributed by atoms with Gasteiger partial charge in [0.1, 0.15) is 5.82 Å². The van der Waals surface area contributed by atoms with Gasteiger partial charge in [0.15, 0.2) is 5.16 Å². The summed E-state index contributed by atoms with van der Waals surface area (Å²) in [6, 6.07) is 4.95. The highest BCUT2D eigenvalue weighted by Gasteiger charge is 2.10. The minimum atomic E-state index is -0.262. The number of hydrogen-bond donors (Lipinski definition) is 0. The van der Waals surface area contributed by atoms with Crippen molar-refractivity contribution >= 4 is 11.8 Å². The molecule has 3 aromatic rings. The van der Waals surface area contributed by atoms with Gasteiger partial charge in [0.2, 0.25) is 11.7 Å². The van der Waals surface area contributed by atoms with Crippen LogP contribution in [-0.4, -0.2) is 25.4 Å². The Bertz CT molecular complexity index is 815. The SMILES string of the molecule is CCn1ccnc1SCCCc1nc(-c2ccc(C)c(F)c2)no1. The molecule has 0 radical (unpaired) electrons. The van der Waals surface area contributed by atoms with Crippen molar-refractivity contribution in [3.05, 3.63) is 47.9 Å². The van der Waals surface area contributed by atoms with Crippen molar-refractivity contribution in [2.75, 3.05) is 5.75 Å². The monoisotopic (exact) mass is 346 g/mol. The zero-order chi connectivity index (χ0) is 16.9. The minimum absolute atomic E-state index is 0.262. The third kappa shape index (κ3) is 3.84. The van der Waals surface area contributed by atoms with Gasteiger partial charge in [0, 0.05) is 36.7 Å². The molecule has 0 spiro atoms. The van der Waals surface area contributed by atoms with Crippen LogP contribution in [0, 0.1) is 12.7 Å². The number of aryl methyl sites for hydroxylation is 3. The molecule has 2 aromatic heterocycles. The summed E-state index contributed by atoms with van der Waals surface area (Å²) < 4.78 is 21.0. The molecule has 3 rings (SSSR count). The van der Waals surface area contributed by atoms with Gasteiger partial charge >= 0.3 is 0 Å². The van der Waals surface area contributed by atoms with Gasteiger partial charge in [0.05, 0.1) is 0 Å². The molecule has 0 N–H and O–H groups in total. The molecular formula is C17H19FN4OS. The average Bonchev–Trinajstić information content (AvgIpc) is 3.23. The van der Waals surface area contributed by atoms with Gasteiger partial charge in [-0.25, -0.2) is 9.37 Å². The van der Waals surface area contributed by atoms with Gasteiger partial charge in [-0.3, -0.25) is 0 Å². The standard InChI is InChI=1S/C17H19FN4OS/c1-3-22-9-8-19-17(22)24-10-4-5-15-20-16(21-23-15)13-7-6-12(2)14(18)11-13/h6-9,11H,3-5,10H2,1-2H3. The van der Waals surface area contributed by atoms with E-state index in [-0.39, 0.29) is 5.82 Å². The highest BCUT2D eigenvalue weighted by atomic mass is 32.2. The quantitative estimate of drug-likeness (QED) is 0.476. The summed E-state index contributed by atoms with van der Waals surface area (Å²) in [5.74, 6) is 1.67. The molecular weight excluding hydrogens is 327 g/mol. The molecule has 0 aliphatic rings. The number of aromatic nitrogens is 4. The van der Waals surface area contributed by atoms with Crippen molar-refractivity contribution in [3.8, 4) is 11.4 Å². The highest BCUT2D eigenvalue weighted by molar-refractivity contribution is 7.99. The fraction of sp³-hybridized carbons (Fsp3) is 0.353. The maximum atomic E-state index is 13.6. The van der Waals surface area contributed by atoms with E-state index in [1.165, 1.54) is 6.07 Å². The summed E-state index contributed by atoms with van der Waals surface area (Å²) in [6.45, 7) is 4.74. The van der Waals surface area contributed by atoms with Gasteiger partial charge in [-0.1, -0.05) is 29.1 Å². The van der Waals surface area contributed by atoms with E-state index in [1.54, 1.807) is 30.8 Å². The van der Waals surface area contributed by atoms with E-state index in [2.05, 4.69) is 26.6 Å². The summed E-state index contributed by atoms with van der Waals surface area (Å²) in [5, 5.41) is 4.96. The average molecular weight is 346 g/mol. The first kappa shape index (κ1) is 16.7. The number of hydrogen-bond acceptors (Lipinski definition) is 5. The van der Waals surface area contributed by atoms with Gasteiger partial charge in [-0.15, -0.1) is 0 Å². The van der Waals surface area contributed by atoms with Crippen LogP contribution in [0.3, 0.4) is 0 Å². The van der Waals surface area contributed by atoms with E-state index >= 15 is 0 Å². The van der Waals surface area contributed by atoms with Crippen molar-refractivity contribution in [1.29, 1.82) is 0 Å². The Morgan fingerprint density at radius 3 is 3.00 bits per heavy atom. The first-order chi connectivity index (χ1) is 11.7. The lowest BCUT2D eigenvalue weighted by atomic mass is 10.1. The summed E-state index contributed by atoms with van der Waals surface area (Å²) in [5.41, 5.74) is 1.23. The van der Waals surface area contributed by atoms with E-state index in [1.807, 2.05) is 12.4 Å². The lowest BCUT2D eigenvalue weighted by Gasteiger charge is -2.02. The minimum Gasteiger partial charge on any atom is -0.339 e. The van der Waals surface area contributed by atoms with Crippen molar-refractivity contribution in [2.24, 2.45) is 0 Å². The second-order valence-corrected chi connectivity index (χ2v) is 6.49. The van der Waals surface area contributed by atoms with Crippen LogP contribution in [0.15, 0.2) is 40.3 Å². The van der Waals surface area contributed by atoms with Crippen LogP contribution >= 0.6 is 11.8 Å². The molecule has 0 saturated heterocycles. The van der Waals surface area contributed by atoms with Gasteiger partial charge < -0.3 is 9.09 Å². The zero-order valence-electron chi connectivity index (χ0n) is 13.7. The first-order valence-electron chi connectivity index (χ1n) is 7.90.